The fourth-order valence-corrected chi connectivity index (χ4v) is 5.78. The number of hydrogen-bond donors (Lipinski definition) is 0. The highest BCUT2D eigenvalue weighted by molar-refractivity contribution is 6.24. The third-order valence-corrected chi connectivity index (χ3v) is 7.39. The second-order valence-electron chi connectivity index (χ2n) is 9.29. The van der Waals surface area contributed by atoms with Crippen LogP contribution in [0.1, 0.15) is 27.5 Å². The topological polar surface area (TPSA) is 144 Å². The summed E-state index contributed by atoms with van der Waals surface area (Å²) in [7, 11) is 0. The Labute approximate surface area is 214 Å². The van der Waals surface area contributed by atoms with E-state index in [-0.39, 0.29) is 22.6 Å². The molecule has 0 N–H and O–H groups in total. The minimum absolute atomic E-state index is 0.0601. The van der Waals surface area contributed by atoms with Gasteiger partial charge < -0.3 is 4.90 Å². The Morgan fingerprint density at radius 1 is 0.789 bits per heavy atom. The van der Waals surface area contributed by atoms with Gasteiger partial charge in [-0.25, -0.2) is 4.90 Å². The molecule has 3 aliphatic heterocycles. The van der Waals surface area contributed by atoms with Crippen LogP contribution in [-0.2, 0) is 9.59 Å². The van der Waals surface area contributed by atoms with Gasteiger partial charge in [0.15, 0.2) is 5.78 Å². The summed E-state index contributed by atoms with van der Waals surface area (Å²) in [5, 5.41) is 22.4. The van der Waals surface area contributed by atoms with Crippen LogP contribution in [-0.4, -0.2) is 38.4 Å². The van der Waals surface area contributed by atoms with Crippen LogP contribution in [0.2, 0.25) is 0 Å². The van der Waals surface area contributed by atoms with Crippen LogP contribution >= 0.6 is 0 Å². The number of imide groups is 1. The van der Waals surface area contributed by atoms with Crippen molar-refractivity contribution in [3.8, 4) is 0 Å². The van der Waals surface area contributed by atoms with Crippen molar-refractivity contribution in [3.63, 3.8) is 0 Å². The SMILES string of the molecule is O=C(c1cccc([N+](=O)[O-])c1)[C@@H]1[C@@H]2C(=O)N(c3ccc([N+](=O)[O-])cc3)C(=O)[C@@H]2[C@H]2c3ccccc3C=CN12. The van der Waals surface area contributed by atoms with Gasteiger partial charge in [0.05, 0.1) is 33.4 Å². The van der Waals surface area contributed by atoms with E-state index in [2.05, 4.69) is 0 Å². The van der Waals surface area contributed by atoms with Gasteiger partial charge in [-0.1, -0.05) is 36.4 Å². The van der Waals surface area contributed by atoms with Crippen molar-refractivity contribution in [2.75, 3.05) is 4.90 Å². The zero-order chi connectivity index (χ0) is 26.7. The van der Waals surface area contributed by atoms with Gasteiger partial charge in [0, 0.05) is 36.0 Å². The highest BCUT2D eigenvalue weighted by atomic mass is 16.6. The van der Waals surface area contributed by atoms with Gasteiger partial charge in [0.25, 0.3) is 11.4 Å². The van der Waals surface area contributed by atoms with Crippen LogP contribution in [0.5, 0.6) is 0 Å². The van der Waals surface area contributed by atoms with Crippen LogP contribution in [0.15, 0.2) is 79.0 Å². The van der Waals surface area contributed by atoms with E-state index < -0.39 is 51.4 Å². The standard InChI is InChI=1S/C27H18N4O7/c32-25(16-5-3-6-19(14-16)31(37)38)24-22-21(23-20-7-2-1-4-15(20)12-13-28(23)24)26(33)29(27(22)34)17-8-10-18(11-9-17)30(35)36/h1-14,21-24H/t21-,22+,23+,24-/m0/s1. The average molecular weight is 510 g/mol. The summed E-state index contributed by atoms with van der Waals surface area (Å²) in [6, 6.07) is 16.1. The molecule has 3 aromatic carbocycles. The summed E-state index contributed by atoms with van der Waals surface area (Å²) in [4.78, 5) is 65.5. The molecule has 11 heteroatoms. The highest BCUT2D eigenvalue weighted by Gasteiger charge is 2.64. The molecule has 0 aliphatic carbocycles. The van der Waals surface area contributed by atoms with Crippen molar-refractivity contribution in [2.45, 2.75) is 12.1 Å². The molecule has 0 radical (unpaired) electrons. The van der Waals surface area contributed by atoms with Crippen LogP contribution in [0, 0.1) is 32.1 Å². The second kappa shape index (κ2) is 8.44. The lowest BCUT2D eigenvalue weighted by Crippen LogP contribution is -2.44. The van der Waals surface area contributed by atoms with E-state index in [1.807, 2.05) is 30.3 Å². The Kier molecular flexibility index (Phi) is 5.16. The first kappa shape index (κ1) is 23.2. The summed E-state index contributed by atoms with van der Waals surface area (Å²) in [5.41, 5.74) is 1.42. The van der Waals surface area contributed by atoms with Gasteiger partial charge in [0.2, 0.25) is 11.8 Å². The van der Waals surface area contributed by atoms with Gasteiger partial charge in [0.1, 0.15) is 6.04 Å². The Hall–Kier alpha value is -5.19. The first-order chi connectivity index (χ1) is 18.3. The Balaban J connectivity index is 1.47. The third kappa shape index (κ3) is 3.32. The van der Waals surface area contributed by atoms with E-state index in [4.69, 9.17) is 0 Å². The number of ketones is 1. The summed E-state index contributed by atoms with van der Waals surface area (Å²) < 4.78 is 0. The molecule has 4 atom stereocenters. The summed E-state index contributed by atoms with van der Waals surface area (Å²) >= 11 is 0. The number of carbonyl (C=O) groups excluding carboxylic acids is 3. The van der Waals surface area contributed by atoms with E-state index in [1.54, 1.807) is 11.1 Å². The molecule has 3 heterocycles. The molecule has 11 nitrogen and oxygen atoms in total. The van der Waals surface area contributed by atoms with Crippen LogP contribution in [0.25, 0.3) is 6.08 Å². The molecule has 2 amide bonds. The van der Waals surface area contributed by atoms with E-state index >= 15 is 0 Å². The molecule has 38 heavy (non-hydrogen) atoms. The normalized spacial score (nSPS) is 23.2. The monoisotopic (exact) mass is 510 g/mol. The van der Waals surface area contributed by atoms with E-state index in [0.717, 1.165) is 16.0 Å². The van der Waals surface area contributed by atoms with Gasteiger partial charge in [-0.15, -0.1) is 0 Å². The number of rotatable bonds is 5. The van der Waals surface area contributed by atoms with Crippen molar-refractivity contribution < 1.29 is 24.2 Å². The molecule has 2 saturated heterocycles. The predicted octanol–water partition coefficient (Wildman–Crippen LogP) is 3.90. The average Bonchev–Trinajstić information content (AvgIpc) is 3.40. The molecular formula is C27H18N4O7. The van der Waals surface area contributed by atoms with Crippen LogP contribution in [0.3, 0.4) is 0 Å². The van der Waals surface area contributed by atoms with E-state index in [0.29, 0.717) is 0 Å². The van der Waals surface area contributed by atoms with Crippen molar-refractivity contribution in [2.24, 2.45) is 11.8 Å². The minimum atomic E-state index is -1.09. The fraction of sp³-hybridized carbons (Fsp3) is 0.148. The van der Waals surface area contributed by atoms with Gasteiger partial charge >= 0.3 is 0 Å². The molecule has 3 aromatic rings. The zero-order valence-electron chi connectivity index (χ0n) is 19.5. The predicted molar refractivity (Wildman–Crippen MR) is 134 cm³/mol. The molecule has 2 fully saturated rings. The maximum absolute atomic E-state index is 13.9. The van der Waals surface area contributed by atoms with Gasteiger partial charge in [-0.3, -0.25) is 34.6 Å². The number of nitrogens with zero attached hydrogens (tertiary/aromatic N) is 4. The quantitative estimate of drug-likeness (QED) is 0.218. The van der Waals surface area contributed by atoms with Crippen molar-refractivity contribution in [3.05, 3.63) is 116 Å². The maximum Gasteiger partial charge on any atom is 0.270 e. The lowest BCUT2D eigenvalue weighted by atomic mass is 9.83. The van der Waals surface area contributed by atoms with Crippen molar-refractivity contribution in [1.29, 1.82) is 0 Å². The summed E-state index contributed by atoms with van der Waals surface area (Å²) in [6.45, 7) is 0. The second-order valence-corrected chi connectivity index (χ2v) is 9.29. The Bertz CT molecular complexity index is 1580. The number of carbonyl (C=O) groups is 3. The highest BCUT2D eigenvalue weighted by Crippen LogP contribution is 2.53. The number of anilines is 1. The van der Waals surface area contributed by atoms with Gasteiger partial charge in [-0.2, -0.15) is 0 Å². The maximum atomic E-state index is 13.9. The number of non-ortho nitro benzene ring substituents is 2. The first-order valence-corrected chi connectivity index (χ1v) is 11.7. The number of fused-ring (bicyclic) bond motifs is 5. The molecule has 188 valence electrons. The largest absolute Gasteiger partial charge is 0.358 e. The Morgan fingerprint density at radius 2 is 1.47 bits per heavy atom. The number of Topliss-reactive ketones (excluding diaryl/α,β-unsaturated/α-hetero) is 1. The minimum Gasteiger partial charge on any atom is -0.358 e. The Morgan fingerprint density at radius 3 is 2.18 bits per heavy atom. The lowest BCUT2D eigenvalue weighted by Gasteiger charge is -2.35. The molecule has 0 unspecified atom stereocenters. The molecular weight excluding hydrogens is 492 g/mol. The third-order valence-electron chi connectivity index (χ3n) is 7.39. The number of nitro groups is 2. The molecule has 0 spiro atoms. The lowest BCUT2D eigenvalue weighted by molar-refractivity contribution is -0.385. The van der Waals surface area contributed by atoms with Gasteiger partial charge in [-0.05, 0) is 29.3 Å². The summed E-state index contributed by atoms with van der Waals surface area (Å²) in [6.07, 6.45) is 3.51. The van der Waals surface area contributed by atoms with Crippen molar-refractivity contribution in [1.82, 2.24) is 4.90 Å². The fourth-order valence-electron chi connectivity index (χ4n) is 5.78. The van der Waals surface area contributed by atoms with E-state index in [9.17, 15) is 34.6 Å². The summed E-state index contributed by atoms with van der Waals surface area (Å²) in [5.74, 6) is -3.59. The zero-order valence-corrected chi connectivity index (χ0v) is 19.5. The molecule has 0 aromatic heterocycles. The van der Waals surface area contributed by atoms with Crippen LogP contribution < -0.4 is 4.90 Å². The van der Waals surface area contributed by atoms with E-state index in [1.165, 1.54) is 48.5 Å². The molecule has 6 rings (SSSR count). The number of nitro benzene ring substituents is 2. The first-order valence-electron chi connectivity index (χ1n) is 11.7. The number of benzene rings is 3. The van der Waals surface area contributed by atoms with Crippen molar-refractivity contribution >= 4 is 40.7 Å². The molecule has 0 saturated carbocycles. The number of amides is 2. The smallest absolute Gasteiger partial charge is 0.270 e. The molecule has 3 aliphatic rings. The van der Waals surface area contributed by atoms with Crippen LogP contribution in [0.4, 0.5) is 17.1 Å². The molecule has 0 bridgehead atoms. The number of hydrogen-bond acceptors (Lipinski definition) is 8.